The lowest BCUT2D eigenvalue weighted by molar-refractivity contribution is 0.0937. The summed E-state index contributed by atoms with van der Waals surface area (Å²) in [6.45, 7) is 1.21. The Bertz CT molecular complexity index is 448. The van der Waals surface area contributed by atoms with Gasteiger partial charge in [0.25, 0.3) is 0 Å². The molecule has 0 amide bonds. The largest absolute Gasteiger partial charge is 0.486 e. The van der Waals surface area contributed by atoms with Crippen molar-refractivity contribution in [3.05, 3.63) is 24.3 Å². The summed E-state index contributed by atoms with van der Waals surface area (Å²) >= 11 is 5.20. The summed E-state index contributed by atoms with van der Waals surface area (Å²) < 4.78 is 11.5. The van der Waals surface area contributed by atoms with E-state index in [2.05, 4.69) is 10.6 Å². The summed E-state index contributed by atoms with van der Waals surface area (Å²) in [5.74, 6) is 1.61. The predicted octanol–water partition coefficient (Wildman–Crippen LogP) is 1.45. The van der Waals surface area contributed by atoms with Crippen LogP contribution in [0.15, 0.2) is 24.3 Å². The van der Waals surface area contributed by atoms with E-state index in [1.165, 1.54) is 12.8 Å². The van der Waals surface area contributed by atoms with Gasteiger partial charge in [0.2, 0.25) is 0 Å². The van der Waals surface area contributed by atoms with Crippen LogP contribution in [0.4, 0.5) is 0 Å². The summed E-state index contributed by atoms with van der Waals surface area (Å²) in [5.41, 5.74) is 0. The van der Waals surface area contributed by atoms with Crippen molar-refractivity contribution >= 4 is 17.3 Å². The van der Waals surface area contributed by atoms with Crippen LogP contribution >= 0.6 is 12.2 Å². The van der Waals surface area contributed by atoms with Crippen molar-refractivity contribution < 1.29 is 9.47 Å². The molecule has 1 heterocycles. The van der Waals surface area contributed by atoms with Crippen LogP contribution < -0.4 is 20.1 Å². The molecule has 0 saturated heterocycles. The van der Waals surface area contributed by atoms with Crippen molar-refractivity contribution in [1.29, 1.82) is 0 Å². The Morgan fingerprint density at radius 1 is 1.28 bits per heavy atom. The highest BCUT2D eigenvalue weighted by Gasteiger charge is 2.23. The van der Waals surface area contributed by atoms with Crippen LogP contribution in [0.5, 0.6) is 11.5 Å². The Labute approximate surface area is 112 Å². The van der Waals surface area contributed by atoms with Crippen LogP contribution in [0.3, 0.4) is 0 Å². The van der Waals surface area contributed by atoms with Crippen molar-refractivity contribution in [1.82, 2.24) is 10.6 Å². The first-order valence-corrected chi connectivity index (χ1v) is 6.65. The summed E-state index contributed by atoms with van der Waals surface area (Å²) in [6.07, 6.45) is 2.44. The fourth-order valence-electron chi connectivity index (χ4n) is 1.83. The van der Waals surface area contributed by atoms with Crippen molar-refractivity contribution in [2.75, 3.05) is 13.2 Å². The Morgan fingerprint density at radius 2 is 2.06 bits per heavy atom. The third-order valence-corrected chi connectivity index (χ3v) is 3.23. The molecule has 0 bridgehead atoms. The topological polar surface area (TPSA) is 42.5 Å². The Morgan fingerprint density at radius 3 is 2.83 bits per heavy atom. The van der Waals surface area contributed by atoms with Crippen LogP contribution in [0.2, 0.25) is 0 Å². The van der Waals surface area contributed by atoms with E-state index in [9.17, 15) is 0 Å². The predicted molar refractivity (Wildman–Crippen MR) is 73.1 cm³/mol. The van der Waals surface area contributed by atoms with E-state index >= 15 is 0 Å². The number of thiocarbonyl (C=S) groups is 1. The molecule has 1 fully saturated rings. The van der Waals surface area contributed by atoms with Gasteiger partial charge in [0.1, 0.15) is 12.7 Å². The van der Waals surface area contributed by atoms with Crippen molar-refractivity contribution in [2.45, 2.75) is 25.0 Å². The maximum absolute atomic E-state index is 5.83. The van der Waals surface area contributed by atoms with Crippen molar-refractivity contribution in [3.63, 3.8) is 0 Å². The van der Waals surface area contributed by atoms with E-state index in [1.54, 1.807) is 0 Å². The van der Waals surface area contributed by atoms with E-state index in [0.29, 0.717) is 24.3 Å². The lowest BCUT2D eigenvalue weighted by Crippen LogP contribution is -2.44. The lowest BCUT2D eigenvalue weighted by atomic mass is 10.2. The van der Waals surface area contributed by atoms with E-state index < -0.39 is 0 Å². The van der Waals surface area contributed by atoms with E-state index in [0.717, 1.165) is 11.5 Å². The summed E-state index contributed by atoms with van der Waals surface area (Å²) in [4.78, 5) is 0. The highest BCUT2D eigenvalue weighted by Crippen LogP contribution is 2.30. The van der Waals surface area contributed by atoms with Gasteiger partial charge in [-0.2, -0.15) is 0 Å². The highest BCUT2D eigenvalue weighted by atomic mass is 32.1. The van der Waals surface area contributed by atoms with E-state index in [-0.39, 0.29) is 6.10 Å². The third kappa shape index (κ3) is 2.85. The van der Waals surface area contributed by atoms with Gasteiger partial charge in [-0.15, -0.1) is 0 Å². The maximum atomic E-state index is 5.83. The minimum Gasteiger partial charge on any atom is -0.486 e. The molecule has 1 aliphatic carbocycles. The standard InChI is InChI=1S/C13H16N2O2S/c18-13(15-9-5-6-9)14-7-10-8-16-11-3-1-2-4-12(11)17-10/h1-4,9-10H,5-8H2,(H2,14,15,18). The SMILES string of the molecule is S=C(NCC1COc2ccccc2O1)NC1CC1. The maximum Gasteiger partial charge on any atom is 0.166 e. The number of hydrogen-bond acceptors (Lipinski definition) is 3. The van der Waals surface area contributed by atoms with Gasteiger partial charge in [-0.05, 0) is 37.2 Å². The molecule has 1 aromatic carbocycles. The first kappa shape index (κ1) is 11.6. The molecular weight excluding hydrogens is 248 g/mol. The number of ether oxygens (including phenoxy) is 2. The lowest BCUT2D eigenvalue weighted by Gasteiger charge is -2.26. The van der Waals surface area contributed by atoms with Gasteiger partial charge in [-0.25, -0.2) is 0 Å². The van der Waals surface area contributed by atoms with Gasteiger partial charge < -0.3 is 20.1 Å². The van der Waals surface area contributed by atoms with Gasteiger partial charge in [-0.1, -0.05) is 12.1 Å². The second-order valence-electron chi connectivity index (χ2n) is 4.63. The van der Waals surface area contributed by atoms with Crippen LogP contribution in [0.25, 0.3) is 0 Å². The monoisotopic (exact) mass is 264 g/mol. The van der Waals surface area contributed by atoms with Crippen LogP contribution in [0.1, 0.15) is 12.8 Å². The zero-order valence-corrected chi connectivity index (χ0v) is 10.8. The minimum absolute atomic E-state index is 0.00106. The van der Waals surface area contributed by atoms with Gasteiger partial charge in [0.05, 0.1) is 6.54 Å². The number of para-hydroxylation sites is 2. The molecule has 0 radical (unpaired) electrons. The zero-order chi connectivity index (χ0) is 12.4. The molecular formula is C13H16N2O2S. The third-order valence-electron chi connectivity index (χ3n) is 2.97. The number of fused-ring (bicyclic) bond motifs is 1. The smallest absolute Gasteiger partial charge is 0.166 e. The molecule has 2 aliphatic rings. The molecule has 4 nitrogen and oxygen atoms in total. The molecule has 1 unspecified atom stereocenters. The van der Waals surface area contributed by atoms with Crippen LogP contribution in [-0.2, 0) is 0 Å². The molecule has 1 saturated carbocycles. The van der Waals surface area contributed by atoms with E-state index in [4.69, 9.17) is 21.7 Å². The minimum atomic E-state index is -0.00106. The van der Waals surface area contributed by atoms with Crippen molar-refractivity contribution in [3.8, 4) is 11.5 Å². The molecule has 0 spiro atoms. The summed E-state index contributed by atoms with van der Waals surface area (Å²) in [6, 6.07) is 8.29. The average molecular weight is 264 g/mol. The van der Waals surface area contributed by atoms with Gasteiger partial charge >= 0.3 is 0 Å². The van der Waals surface area contributed by atoms with Gasteiger partial charge in [0.15, 0.2) is 16.6 Å². The number of nitrogens with one attached hydrogen (secondary N) is 2. The fraction of sp³-hybridized carbons (Fsp3) is 0.462. The number of hydrogen-bond donors (Lipinski definition) is 2. The molecule has 0 aromatic heterocycles. The van der Waals surface area contributed by atoms with Crippen molar-refractivity contribution in [2.24, 2.45) is 0 Å². The average Bonchev–Trinajstić information content (AvgIpc) is 3.20. The zero-order valence-electron chi connectivity index (χ0n) is 10.0. The highest BCUT2D eigenvalue weighted by molar-refractivity contribution is 7.80. The second kappa shape index (κ2) is 5.02. The molecule has 1 aromatic rings. The Kier molecular flexibility index (Phi) is 3.23. The fourth-order valence-corrected chi connectivity index (χ4v) is 2.08. The Balaban J connectivity index is 1.48. The second-order valence-corrected chi connectivity index (χ2v) is 5.03. The van der Waals surface area contributed by atoms with Crippen LogP contribution in [0, 0.1) is 0 Å². The first-order chi connectivity index (χ1) is 8.81. The normalized spacial score (nSPS) is 21.2. The number of benzene rings is 1. The number of rotatable bonds is 3. The molecule has 18 heavy (non-hydrogen) atoms. The molecule has 5 heteroatoms. The van der Waals surface area contributed by atoms with Gasteiger partial charge in [0, 0.05) is 6.04 Å². The summed E-state index contributed by atoms with van der Waals surface area (Å²) in [7, 11) is 0. The molecule has 3 rings (SSSR count). The molecule has 1 aliphatic heterocycles. The summed E-state index contributed by atoms with van der Waals surface area (Å²) in [5, 5.41) is 7.11. The quantitative estimate of drug-likeness (QED) is 0.809. The Hall–Kier alpha value is -1.49. The molecule has 1 atom stereocenters. The van der Waals surface area contributed by atoms with E-state index in [1.807, 2.05) is 24.3 Å². The molecule has 96 valence electrons. The molecule has 2 N–H and O–H groups in total. The van der Waals surface area contributed by atoms with Gasteiger partial charge in [-0.3, -0.25) is 0 Å². The first-order valence-electron chi connectivity index (χ1n) is 6.24. The van der Waals surface area contributed by atoms with Crippen LogP contribution in [-0.4, -0.2) is 30.4 Å².